The van der Waals surface area contributed by atoms with E-state index in [1.54, 1.807) is 0 Å². The van der Waals surface area contributed by atoms with E-state index in [4.69, 9.17) is 0 Å². The second-order valence-electron chi connectivity index (χ2n) is 10.2. The van der Waals surface area contributed by atoms with Crippen molar-refractivity contribution >= 4 is 40.3 Å². The number of carbonyl (C=O) groups is 2. The molecule has 3 nitrogen and oxygen atoms in total. The van der Waals surface area contributed by atoms with E-state index >= 15 is 0 Å². The molecule has 34 heavy (non-hydrogen) atoms. The van der Waals surface area contributed by atoms with Gasteiger partial charge < -0.3 is 0 Å². The molecule has 1 aliphatic rings. The van der Waals surface area contributed by atoms with Crippen molar-refractivity contribution in [2.45, 2.75) is 90.9 Å². The zero-order valence-corrected chi connectivity index (χ0v) is 25.5. The summed E-state index contributed by atoms with van der Waals surface area (Å²) in [6, 6.07) is 12.7. The molecule has 2 amide bonds. The Morgan fingerprint density at radius 1 is 0.618 bits per heavy atom. The second kappa shape index (κ2) is 12.8. The number of nitrogens with one attached hydrogen (secondary N) is 1. The summed E-state index contributed by atoms with van der Waals surface area (Å²) in [5.41, 5.74) is 6.76. The number of hydrogen-bond acceptors (Lipinski definition) is 2. The van der Waals surface area contributed by atoms with Crippen LogP contribution in [-0.2, 0) is 20.5 Å². The third-order valence-electron chi connectivity index (χ3n) is 6.60. The molecule has 1 N–H and O–H groups in total. The molecule has 0 bridgehead atoms. The molecular weight excluding hydrogens is 601 g/mol. The molecule has 1 heterocycles. The summed E-state index contributed by atoms with van der Waals surface area (Å²) >= 11 is 6.00. The molecule has 1 saturated heterocycles. The van der Waals surface area contributed by atoms with E-state index in [-0.39, 0.29) is 35.5 Å². The Morgan fingerprint density at radius 2 is 0.853 bits per heavy atom. The van der Waals surface area contributed by atoms with E-state index in [1.165, 1.54) is 33.2 Å². The van der Waals surface area contributed by atoms with Crippen molar-refractivity contribution < 1.29 is 20.5 Å². The van der Waals surface area contributed by atoms with Crippen LogP contribution in [0.25, 0.3) is 0 Å². The van der Waals surface area contributed by atoms with Crippen LogP contribution in [0.15, 0.2) is 36.4 Å². The van der Waals surface area contributed by atoms with Gasteiger partial charge in [0.1, 0.15) is 0 Å². The van der Waals surface area contributed by atoms with Gasteiger partial charge in [-0.3, -0.25) is 14.9 Å². The van der Waals surface area contributed by atoms with Crippen molar-refractivity contribution in [2.24, 2.45) is 0 Å². The van der Waals surface area contributed by atoms with Gasteiger partial charge in [-0.2, -0.15) is 0 Å². The van der Waals surface area contributed by atoms with Crippen molar-refractivity contribution in [3.63, 3.8) is 0 Å². The molecule has 2 aromatic carbocycles. The van der Waals surface area contributed by atoms with E-state index in [0.717, 1.165) is 11.1 Å². The molecular formula is C28H37Br2NNiO2. The Hall–Kier alpha value is -0.966. The predicted molar refractivity (Wildman–Crippen MR) is 146 cm³/mol. The monoisotopic (exact) mass is 635 g/mol. The third-order valence-corrected chi connectivity index (χ3v) is 6.60. The Labute approximate surface area is 225 Å². The molecule has 0 spiro atoms. The third kappa shape index (κ3) is 6.23. The summed E-state index contributed by atoms with van der Waals surface area (Å²) in [5, 5.41) is 2.70. The topological polar surface area (TPSA) is 46.2 Å². The Kier molecular flexibility index (Phi) is 11.0. The molecule has 0 aromatic heterocycles. The van der Waals surface area contributed by atoms with Crippen LogP contribution in [0.2, 0.25) is 0 Å². The number of benzene rings is 2. The van der Waals surface area contributed by atoms with Gasteiger partial charge in [0, 0.05) is 0 Å². The van der Waals surface area contributed by atoms with Gasteiger partial charge in [0.25, 0.3) is 0 Å². The van der Waals surface area contributed by atoms with Gasteiger partial charge in [-0.25, -0.2) is 0 Å². The maximum atomic E-state index is 13.3. The molecule has 2 atom stereocenters. The Balaban J connectivity index is 0.00000129. The fourth-order valence-electron chi connectivity index (χ4n) is 5.11. The van der Waals surface area contributed by atoms with Gasteiger partial charge in [-0.1, -0.05) is 91.8 Å². The number of amides is 2. The van der Waals surface area contributed by atoms with Crippen molar-refractivity contribution in [1.82, 2.24) is 5.32 Å². The van der Waals surface area contributed by atoms with Crippen molar-refractivity contribution in [3.8, 4) is 0 Å². The number of hydrogen-bond donors (Lipinski definition) is 1. The van der Waals surface area contributed by atoms with Gasteiger partial charge in [0.15, 0.2) is 0 Å². The van der Waals surface area contributed by atoms with E-state index < -0.39 is 11.8 Å². The average Bonchev–Trinajstić information content (AvgIpc) is 3.05. The molecule has 6 heteroatoms. The first-order valence-electron chi connectivity index (χ1n) is 11.9. The van der Waals surface area contributed by atoms with Gasteiger partial charge in [0.2, 0.25) is 11.8 Å². The maximum absolute atomic E-state index is 13.3. The summed E-state index contributed by atoms with van der Waals surface area (Å²) in [6.07, 6.45) is 0. The van der Waals surface area contributed by atoms with E-state index in [0.29, 0.717) is 0 Å². The van der Waals surface area contributed by atoms with E-state index in [2.05, 4.69) is 126 Å². The summed E-state index contributed by atoms with van der Waals surface area (Å²) in [6.45, 7) is 17.3. The molecule has 190 valence electrons. The predicted octanol–water partition coefficient (Wildman–Crippen LogP) is 8.39. The van der Waals surface area contributed by atoms with Crippen LogP contribution in [0.4, 0.5) is 0 Å². The zero-order valence-electron chi connectivity index (χ0n) is 21.3. The average molecular weight is 638 g/mol. The first-order valence-corrected chi connectivity index (χ1v) is 16.8. The molecule has 3 rings (SSSR count). The number of halogens is 2. The Bertz CT molecular complexity index is 885. The minimum atomic E-state index is -0.499. The molecule has 0 aliphatic carbocycles. The van der Waals surface area contributed by atoms with Gasteiger partial charge >= 0.3 is 39.3 Å². The van der Waals surface area contributed by atoms with Crippen LogP contribution in [0.5, 0.6) is 0 Å². The van der Waals surface area contributed by atoms with Crippen LogP contribution < -0.4 is 5.32 Å². The zero-order chi connectivity index (χ0) is 25.7. The first-order chi connectivity index (χ1) is 16.0. The number of imide groups is 1. The van der Waals surface area contributed by atoms with Gasteiger partial charge in [-0.15, -0.1) is 0 Å². The van der Waals surface area contributed by atoms with Crippen LogP contribution in [0.3, 0.4) is 0 Å². The molecule has 2 unspecified atom stereocenters. The van der Waals surface area contributed by atoms with Gasteiger partial charge in [0.05, 0.1) is 11.8 Å². The van der Waals surface area contributed by atoms with Crippen LogP contribution in [-0.4, -0.2) is 11.8 Å². The second-order valence-corrected chi connectivity index (χ2v) is 15.2. The minimum absolute atomic E-state index is 0.168. The number of rotatable bonds is 6. The normalized spacial score (nSPS) is 18.2. The summed E-state index contributed by atoms with van der Waals surface area (Å²) in [4.78, 5) is 26.7. The van der Waals surface area contributed by atoms with Crippen molar-refractivity contribution in [2.75, 3.05) is 0 Å². The number of carbonyl (C=O) groups excluding carboxylic acids is 2. The van der Waals surface area contributed by atoms with Crippen LogP contribution >= 0.6 is 28.5 Å². The summed E-state index contributed by atoms with van der Waals surface area (Å²) in [5.74, 6) is -0.269. The molecule has 0 radical (unpaired) electrons. The van der Waals surface area contributed by atoms with Gasteiger partial charge in [-0.05, 0) is 57.1 Å². The van der Waals surface area contributed by atoms with Crippen LogP contribution in [0, 0.1) is 0 Å². The molecule has 1 fully saturated rings. The van der Waals surface area contributed by atoms with Crippen molar-refractivity contribution in [3.05, 3.63) is 69.8 Å². The SMILES string of the molecule is CC(C)c1cccc(C(C)C)c1C1C(=O)NC(=O)C1c1c(C(C)C)cccc1C(C)C.[Br][Ni][Br]. The van der Waals surface area contributed by atoms with Crippen molar-refractivity contribution in [1.29, 1.82) is 0 Å². The standard InChI is InChI=1S/C28H37NO2.2BrH.Ni/c1-15(2)19-11-9-12-20(16(3)4)23(19)25-26(28(31)29-27(25)30)24-21(17(5)6)13-10-14-22(24)18(7)8;;;/h9-18,25-26H,1-8H3,(H,29,30,31);2*1H;/q;;;+2/p-2. The summed E-state index contributed by atoms with van der Waals surface area (Å²) < 4.78 is 0. The van der Waals surface area contributed by atoms with E-state index in [9.17, 15) is 9.59 Å². The van der Waals surface area contributed by atoms with Crippen LogP contribution in [0.1, 0.15) is 124 Å². The first kappa shape index (κ1) is 29.3. The molecule has 2 aromatic rings. The fourth-order valence-corrected chi connectivity index (χ4v) is 5.11. The Morgan fingerprint density at radius 3 is 1.06 bits per heavy atom. The summed E-state index contributed by atoms with van der Waals surface area (Å²) in [7, 11) is 1.25. The van der Waals surface area contributed by atoms with E-state index in [1.807, 2.05) is 0 Å². The molecule has 0 saturated carbocycles. The quantitative estimate of drug-likeness (QED) is 0.255. The molecule has 1 aliphatic heterocycles. The fraction of sp³-hybridized carbons (Fsp3) is 0.500.